The lowest BCUT2D eigenvalue weighted by Crippen LogP contribution is -2.38. The molecule has 4 nitrogen and oxygen atoms in total. The predicted octanol–water partition coefficient (Wildman–Crippen LogP) is 5.56. The van der Waals surface area contributed by atoms with Crippen molar-refractivity contribution in [3.8, 4) is 5.75 Å². The summed E-state index contributed by atoms with van der Waals surface area (Å²) in [6.07, 6.45) is 4.51. The average Bonchev–Trinajstić information content (AvgIpc) is 3.13. The molecule has 0 bridgehead atoms. The van der Waals surface area contributed by atoms with E-state index in [1.807, 2.05) is 32.0 Å². The number of esters is 1. The summed E-state index contributed by atoms with van der Waals surface area (Å²) in [5.74, 6) is 1.30. The molecule has 1 N–H and O–H groups in total. The van der Waals surface area contributed by atoms with Crippen LogP contribution in [0.3, 0.4) is 0 Å². The van der Waals surface area contributed by atoms with Crippen molar-refractivity contribution in [3.63, 3.8) is 0 Å². The smallest absolute Gasteiger partial charge is 0.311 e. The third kappa shape index (κ3) is 6.08. The molecule has 1 fully saturated rings. The van der Waals surface area contributed by atoms with Gasteiger partial charge in [0.15, 0.2) is 0 Å². The van der Waals surface area contributed by atoms with Crippen LogP contribution in [-0.2, 0) is 9.59 Å². The van der Waals surface area contributed by atoms with Gasteiger partial charge in [0.25, 0.3) is 0 Å². The lowest BCUT2D eigenvalue weighted by atomic mass is 9.89. The number of benzene rings is 1. The summed E-state index contributed by atoms with van der Waals surface area (Å²) in [6, 6.07) is 6.10. The van der Waals surface area contributed by atoms with Crippen molar-refractivity contribution in [2.45, 2.75) is 85.5 Å². The Labute approximate surface area is 170 Å². The molecular weight excluding hydrogens is 350 g/mol. The second kappa shape index (κ2) is 9.58. The predicted molar refractivity (Wildman–Crippen MR) is 114 cm³/mol. The first kappa shape index (κ1) is 22.4. The van der Waals surface area contributed by atoms with Crippen molar-refractivity contribution in [3.05, 3.63) is 29.3 Å². The molecule has 1 saturated carbocycles. The molecule has 0 unspecified atom stereocenters. The van der Waals surface area contributed by atoms with Gasteiger partial charge in [-0.3, -0.25) is 9.59 Å². The highest BCUT2D eigenvalue weighted by Crippen LogP contribution is 2.35. The number of hydrogen-bond acceptors (Lipinski definition) is 3. The van der Waals surface area contributed by atoms with Gasteiger partial charge in [0.1, 0.15) is 5.75 Å². The highest BCUT2D eigenvalue weighted by Gasteiger charge is 2.28. The van der Waals surface area contributed by atoms with Gasteiger partial charge in [-0.2, -0.15) is 0 Å². The minimum Gasteiger partial charge on any atom is -0.426 e. The van der Waals surface area contributed by atoms with Gasteiger partial charge in [0.2, 0.25) is 5.91 Å². The van der Waals surface area contributed by atoms with Crippen LogP contribution in [0, 0.1) is 11.3 Å². The highest BCUT2D eigenvalue weighted by molar-refractivity contribution is 5.79. The van der Waals surface area contributed by atoms with Crippen molar-refractivity contribution < 1.29 is 14.3 Å². The monoisotopic (exact) mass is 387 g/mol. The van der Waals surface area contributed by atoms with Crippen molar-refractivity contribution >= 4 is 11.9 Å². The second-order valence-corrected chi connectivity index (χ2v) is 9.59. The van der Waals surface area contributed by atoms with Crippen LogP contribution >= 0.6 is 0 Å². The molecule has 1 aromatic rings. The summed E-state index contributed by atoms with van der Waals surface area (Å²) in [5, 5.41) is 3.05. The van der Waals surface area contributed by atoms with Crippen LogP contribution in [0.15, 0.2) is 18.2 Å². The number of carbonyl (C=O) groups excluding carboxylic acids is 2. The molecule has 1 aromatic carbocycles. The van der Waals surface area contributed by atoms with Crippen LogP contribution < -0.4 is 10.1 Å². The van der Waals surface area contributed by atoms with E-state index in [-0.39, 0.29) is 41.5 Å². The normalized spacial score (nSPS) is 15.3. The van der Waals surface area contributed by atoms with Crippen LogP contribution in [0.4, 0.5) is 0 Å². The van der Waals surface area contributed by atoms with E-state index in [0.29, 0.717) is 12.3 Å². The van der Waals surface area contributed by atoms with E-state index in [1.54, 1.807) is 0 Å². The fourth-order valence-corrected chi connectivity index (χ4v) is 3.86. The van der Waals surface area contributed by atoms with E-state index < -0.39 is 0 Å². The van der Waals surface area contributed by atoms with Crippen LogP contribution in [0.25, 0.3) is 0 Å². The van der Waals surface area contributed by atoms with Gasteiger partial charge in [0, 0.05) is 12.5 Å². The molecule has 0 heterocycles. The molecule has 4 heteroatoms. The third-order valence-corrected chi connectivity index (χ3v) is 5.63. The Morgan fingerprint density at radius 2 is 1.61 bits per heavy atom. The van der Waals surface area contributed by atoms with Gasteiger partial charge in [-0.15, -0.1) is 0 Å². The maximum Gasteiger partial charge on any atom is 0.311 e. The molecule has 0 radical (unpaired) electrons. The maximum atomic E-state index is 12.7. The van der Waals surface area contributed by atoms with Crippen molar-refractivity contribution in [1.29, 1.82) is 0 Å². The van der Waals surface area contributed by atoms with E-state index in [1.165, 1.54) is 0 Å². The SMILES string of the molecule is CC(C)c1cccc(C(C)C)c1OC(=O)CC(C)(C)CNC(=O)C1CCCC1. The lowest BCUT2D eigenvalue weighted by molar-refractivity contribution is -0.137. The zero-order valence-corrected chi connectivity index (χ0v) is 18.4. The molecule has 0 atom stereocenters. The van der Waals surface area contributed by atoms with Gasteiger partial charge < -0.3 is 10.1 Å². The minimum atomic E-state index is -0.351. The Hall–Kier alpha value is -1.84. The maximum absolute atomic E-state index is 12.7. The average molecular weight is 388 g/mol. The Kier molecular flexibility index (Phi) is 7.68. The van der Waals surface area contributed by atoms with Gasteiger partial charge in [0.05, 0.1) is 6.42 Å². The van der Waals surface area contributed by atoms with Crippen LogP contribution in [0.1, 0.15) is 96.6 Å². The van der Waals surface area contributed by atoms with E-state index in [9.17, 15) is 9.59 Å². The molecule has 0 aliphatic heterocycles. The fourth-order valence-electron chi connectivity index (χ4n) is 3.86. The number of nitrogens with one attached hydrogen (secondary N) is 1. The van der Waals surface area contributed by atoms with Gasteiger partial charge in [-0.25, -0.2) is 0 Å². The Morgan fingerprint density at radius 3 is 2.11 bits per heavy atom. The molecule has 2 rings (SSSR count). The Morgan fingerprint density at radius 1 is 1.07 bits per heavy atom. The largest absolute Gasteiger partial charge is 0.426 e. The molecule has 28 heavy (non-hydrogen) atoms. The zero-order chi connectivity index (χ0) is 20.9. The van der Waals surface area contributed by atoms with E-state index in [4.69, 9.17) is 4.74 Å². The van der Waals surface area contributed by atoms with Crippen LogP contribution in [0.5, 0.6) is 5.75 Å². The van der Waals surface area contributed by atoms with Gasteiger partial charge >= 0.3 is 5.97 Å². The number of ether oxygens (including phenoxy) is 1. The zero-order valence-electron chi connectivity index (χ0n) is 18.4. The standard InChI is InChI=1S/C24H37NO3/c1-16(2)19-12-9-13-20(17(3)4)22(19)28-21(26)14-24(5,6)15-25-23(27)18-10-7-8-11-18/h9,12-13,16-18H,7-8,10-11,14-15H2,1-6H3,(H,25,27). The summed E-state index contributed by atoms with van der Waals surface area (Å²) >= 11 is 0. The summed E-state index contributed by atoms with van der Waals surface area (Å²) in [6.45, 7) is 12.9. The molecular formula is C24H37NO3. The van der Waals surface area contributed by atoms with Gasteiger partial charge in [-0.1, -0.05) is 72.6 Å². The topological polar surface area (TPSA) is 55.4 Å². The molecule has 0 saturated heterocycles. The minimum absolute atomic E-state index is 0.131. The van der Waals surface area contributed by atoms with Crippen LogP contribution in [0.2, 0.25) is 0 Å². The quantitative estimate of drug-likeness (QED) is 0.469. The molecule has 1 amide bonds. The van der Waals surface area contributed by atoms with Gasteiger partial charge in [-0.05, 0) is 41.2 Å². The molecule has 156 valence electrons. The first-order chi connectivity index (χ1) is 13.1. The highest BCUT2D eigenvalue weighted by atomic mass is 16.5. The first-order valence-electron chi connectivity index (χ1n) is 10.7. The summed E-state index contributed by atoms with van der Waals surface area (Å²) in [7, 11) is 0. The Balaban J connectivity index is 2.01. The number of rotatable bonds is 8. The van der Waals surface area contributed by atoms with Crippen molar-refractivity contribution in [2.24, 2.45) is 11.3 Å². The van der Waals surface area contributed by atoms with Crippen molar-refractivity contribution in [1.82, 2.24) is 5.32 Å². The summed E-state index contributed by atoms with van der Waals surface area (Å²) in [5.41, 5.74) is 1.77. The third-order valence-electron chi connectivity index (χ3n) is 5.63. The molecule has 0 aromatic heterocycles. The van der Waals surface area contributed by atoms with Crippen molar-refractivity contribution in [2.75, 3.05) is 6.54 Å². The fraction of sp³-hybridized carbons (Fsp3) is 0.667. The number of para-hydroxylation sites is 1. The summed E-state index contributed by atoms with van der Waals surface area (Å²) < 4.78 is 5.89. The molecule has 1 aliphatic rings. The van der Waals surface area contributed by atoms with E-state index in [0.717, 1.165) is 36.8 Å². The Bertz CT molecular complexity index is 659. The van der Waals surface area contributed by atoms with E-state index in [2.05, 4.69) is 33.0 Å². The number of amides is 1. The second-order valence-electron chi connectivity index (χ2n) is 9.59. The first-order valence-corrected chi connectivity index (χ1v) is 10.7. The number of hydrogen-bond donors (Lipinski definition) is 1. The summed E-state index contributed by atoms with van der Waals surface area (Å²) in [4.78, 5) is 25.0. The molecule has 1 aliphatic carbocycles. The van der Waals surface area contributed by atoms with E-state index >= 15 is 0 Å². The molecule has 0 spiro atoms. The number of carbonyl (C=O) groups is 2. The lowest BCUT2D eigenvalue weighted by Gasteiger charge is -2.26. The van der Waals surface area contributed by atoms with Crippen LogP contribution in [-0.4, -0.2) is 18.4 Å².